The van der Waals surface area contributed by atoms with Crippen LogP contribution in [-0.2, 0) is 14.3 Å². The lowest BCUT2D eigenvalue weighted by molar-refractivity contribution is -0.157. The summed E-state index contributed by atoms with van der Waals surface area (Å²) in [5.41, 5.74) is -0.934. The molecule has 0 aliphatic carbocycles. The molecule has 2 aliphatic rings. The van der Waals surface area contributed by atoms with Crippen molar-refractivity contribution in [2.75, 3.05) is 19.6 Å². The first kappa shape index (κ1) is 17.6. The van der Waals surface area contributed by atoms with E-state index in [1.807, 2.05) is 34.6 Å². The van der Waals surface area contributed by atoms with E-state index in [1.54, 1.807) is 9.80 Å². The van der Waals surface area contributed by atoms with Crippen molar-refractivity contribution >= 4 is 12.0 Å². The van der Waals surface area contributed by atoms with Crippen molar-refractivity contribution in [1.82, 2.24) is 9.80 Å². The van der Waals surface area contributed by atoms with Gasteiger partial charge in [0.05, 0.1) is 6.54 Å². The molecule has 2 aliphatic heterocycles. The highest BCUT2D eigenvalue weighted by molar-refractivity contribution is 5.92. The van der Waals surface area contributed by atoms with Crippen LogP contribution in [0.5, 0.6) is 0 Å². The van der Waals surface area contributed by atoms with E-state index in [4.69, 9.17) is 9.47 Å². The summed E-state index contributed by atoms with van der Waals surface area (Å²) in [4.78, 5) is 27.8. The van der Waals surface area contributed by atoms with Crippen LogP contribution < -0.4 is 0 Å². The third kappa shape index (κ3) is 3.98. The van der Waals surface area contributed by atoms with Crippen LogP contribution in [0, 0.1) is 0 Å². The summed E-state index contributed by atoms with van der Waals surface area (Å²) in [6, 6.07) is 0.101. The number of nitrogens with zero attached hydrogens (tertiary/aromatic N) is 2. The summed E-state index contributed by atoms with van der Waals surface area (Å²) in [7, 11) is 0. The Balaban J connectivity index is 2.01. The number of hydrogen-bond acceptors (Lipinski definition) is 4. The molecule has 0 radical (unpaired) electrons. The average Bonchev–Trinajstić information content (AvgIpc) is 2.41. The van der Waals surface area contributed by atoms with Gasteiger partial charge in [-0.2, -0.15) is 0 Å². The largest absolute Gasteiger partial charge is 0.480 e. The average molecular weight is 324 g/mol. The molecule has 0 aromatic carbocycles. The summed E-state index contributed by atoms with van der Waals surface area (Å²) in [5.74, 6) is 0.0656. The second-order valence-corrected chi connectivity index (χ2v) is 7.70. The normalized spacial score (nSPS) is 21.7. The quantitative estimate of drug-likeness (QED) is 0.696. The van der Waals surface area contributed by atoms with Gasteiger partial charge < -0.3 is 19.3 Å². The van der Waals surface area contributed by atoms with E-state index >= 15 is 0 Å². The lowest BCUT2D eigenvalue weighted by Crippen LogP contribution is -2.59. The number of carbonyl (C=O) groups is 2. The summed E-state index contributed by atoms with van der Waals surface area (Å²) in [5, 5.41) is 0. The molecule has 23 heavy (non-hydrogen) atoms. The van der Waals surface area contributed by atoms with Crippen LogP contribution in [0.15, 0.2) is 12.3 Å². The molecule has 2 saturated heterocycles. The van der Waals surface area contributed by atoms with Crippen LogP contribution in [0.25, 0.3) is 0 Å². The molecule has 2 amide bonds. The molecule has 1 spiro atoms. The number of hydrogen-bond donors (Lipinski definition) is 0. The minimum atomic E-state index is -0.497. The van der Waals surface area contributed by atoms with Gasteiger partial charge >= 0.3 is 6.09 Å². The van der Waals surface area contributed by atoms with E-state index in [0.29, 0.717) is 32.5 Å². The first-order chi connectivity index (χ1) is 10.5. The van der Waals surface area contributed by atoms with Crippen molar-refractivity contribution in [2.45, 2.75) is 64.7 Å². The van der Waals surface area contributed by atoms with Gasteiger partial charge in [-0.05, 0) is 34.6 Å². The van der Waals surface area contributed by atoms with E-state index in [9.17, 15) is 9.59 Å². The van der Waals surface area contributed by atoms with E-state index < -0.39 is 11.2 Å². The molecule has 2 heterocycles. The van der Waals surface area contributed by atoms with Crippen molar-refractivity contribution in [3.63, 3.8) is 0 Å². The van der Waals surface area contributed by atoms with Gasteiger partial charge in [-0.1, -0.05) is 6.58 Å². The Morgan fingerprint density at radius 1 is 1.30 bits per heavy atom. The molecule has 2 rings (SSSR count). The molecule has 0 bridgehead atoms. The van der Waals surface area contributed by atoms with Gasteiger partial charge in [0.2, 0.25) is 0 Å². The zero-order chi connectivity index (χ0) is 17.4. The number of ether oxygens (including phenoxy) is 2. The molecule has 0 N–H and O–H groups in total. The Morgan fingerprint density at radius 3 is 2.35 bits per heavy atom. The summed E-state index contributed by atoms with van der Waals surface area (Å²) < 4.78 is 11.3. The number of piperidine rings is 1. The van der Waals surface area contributed by atoms with Crippen LogP contribution >= 0.6 is 0 Å². The van der Waals surface area contributed by atoms with Crippen LogP contribution in [0.1, 0.15) is 47.5 Å². The number of morpholine rings is 1. The molecular formula is C17H28N2O4. The van der Waals surface area contributed by atoms with Gasteiger partial charge in [0.15, 0.2) is 5.76 Å². The van der Waals surface area contributed by atoms with Crippen LogP contribution in [-0.4, -0.2) is 58.7 Å². The molecule has 0 unspecified atom stereocenters. The van der Waals surface area contributed by atoms with Crippen LogP contribution in [0.2, 0.25) is 0 Å². The van der Waals surface area contributed by atoms with Crippen molar-refractivity contribution in [2.24, 2.45) is 0 Å². The fraction of sp³-hybridized carbons (Fsp3) is 0.765. The number of rotatable bonds is 1. The minimum Gasteiger partial charge on any atom is -0.480 e. The SMILES string of the molecule is C=C1OC2(CCN(C(=O)OC(C)(C)C)CC2)CN(C(C)C)C1=O. The monoisotopic (exact) mass is 324 g/mol. The topological polar surface area (TPSA) is 59.1 Å². The molecule has 6 nitrogen and oxygen atoms in total. The van der Waals surface area contributed by atoms with Gasteiger partial charge in [-0.3, -0.25) is 4.79 Å². The van der Waals surface area contributed by atoms with Gasteiger partial charge in [0, 0.05) is 32.0 Å². The summed E-state index contributed by atoms with van der Waals surface area (Å²) in [6.07, 6.45) is 1.04. The molecule has 0 aromatic heterocycles. The number of likely N-dealkylation sites (tertiary alicyclic amines) is 1. The molecule has 0 saturated carbocycles. The maximum atomic E-state index is 12.2. The van der Waals surface area contributed by atoms with Gasteiger partial charge in [-0.25, -0.2) is 4.79 Å². The highest BCUT2D eigenvalue weighted by atomic mass is 16.6. The standard InChI is InChI=1S/C17H28N2O4/c1-12(2)19-11-17(22-13(3)14(19)20)7-9-18(10-8-17)15(21)23-16(4,5)6/h12H,3,7-11H2,1-2,4-6H3. The van der Waals surface area contributed by atoms with Crippen molar-refractivity contribution in [3.8, 4) is 0 Å². The van der Waals surface area contributed by atoms with E-state index in [-0.39, 0.29) is 23.8 Å². The lowest BCUT2D eigenvalue weighted by atomic mass is 9.88. The zero-order valence-corrected chi connectivity index (χ0v) is 14.8. The second kappa shape index (κ2) is 6.06. The maximum absolute atomic E-state index is 12.2. The Labute approximate surface area is 138 Å². The summed E-state index contributed by atoms with van der Waals surface area (Å²) >= 11 is 0. The lowest BCUT2D eigenvalue weighted by Gasteiger charge is -2.48. The highest BCUT2D eigenvalue weighted by Crippen LogP contribution is 2.34. The molecule has 6 heteroatoms. The minimum absolute atomic E-state index is 0.101. The molecule has 130 valence electrons. The van der Waals surface area contributed by atoms with Crippen molar-refractivity contribution in [3.05, 3.63) is 12.3 Å². The Bertz CT molecular complexity index is 499. The van der Waals surface area contributed by atoms with Gasteiger partial charge in [0.1, 0.15) is 11.2 Å². The van der Waals surface area contributed by atoms with E-state index in [2.05, 4.69) is 6.58 Å². The van der Waals surface area contributed by atoms with Gasteiger partial charge in [-0.15, -0.1) is 0 Å². The maximum Gasteiger partial charge on any atom is 0.410 e. The van der Waals surface area contributed by atoms with Gasteiger partial charge in [0.25, 0.3) is 5.91 Å². The second-order valence-electron chi connectivity index (χ2n) is 7.70. The van der Waals surface area contributed by atoms with Crippen LogP contribution in [0.3, 0.4) is 0 Å². The number of carbonyl (C=O) groups excluding carboxylic acids is 2. The highest BCUT2D eigenvalue weighted by Gasteiger charge is 2.46. The van der Waals surface area contributed by atoms with E-state index in [1.165, 1.54) is 0 Å². The first-order valence-corrected chi connectivity index (χ1v) is 8.20. The fourth-order valence-corrected chi connectivity index (χ4v) is 2.98. The smallest absolute Gasteiger partial charge is 0.410 e. The van der Waals surface area contributed by atoms with E-state index in [0.717, 1.165) is 0 Å². The molecular weight excluding hydrogens is 296 g/mol. The third-order valence-corrected chi connectivity index (χ3v) is 4.25. The predicted octanol–water partition coefficient (Wildman–Crippen LogP) is 2.54. The zero-order valence-electron chi connectivity index (χ0n) is 14.8. The number of amides is 2. The third-order valence-electron chi connectivity index (χ3n) is 4.25. The fourth-order valence-electron chi connectivity index (χ4n) is 2.98. The Morgan fingerprint density at radius 2 is 1.87 bits per heavy atom. The Hall–Kier alpha value is -1.72. The summed E-state index contributed by atoms with van der Waals surface area (Å²) in [6.45, 7) is 15.0. The first-order valence-electron chi connectivity index (χ1n) is 8.20. The molecule has 0 atom stereocenters. The molecule has 0 aromatic rings. The molecule has 2 fully saturated rings. The van der Waals surface area contributed by atoms with Crippen LogP contribution in [0.4, 0.5) is 4.79 Å². The van der Waals surface area contributed by atoms with Crippen molar-refractivity contribution < 1.29 is 19.1 Å². The van der Waals surface area contributed by atoms with Crippen molar-refractivity contribution in [1.29, 1.82) is 0 Å². The predicted molar refractivity (Wildman–Crippen MR) is 86.8 cm³/mol. The Kier molecular flexibility index (Phi) is 4.64.